The van der Waals surface area contributed by atoms with Crippen LogP contribution in [0, 0.1) is 0 Å². The number of imidazole rings is 1. The Morgan fingerprint density at radius 3 is 2.60 bits per heavy atom. The molecule has 2 heterocycles. The standard InChI is InChI=1S/C21H30N4/c1-23(2)19-8-9-21(18-7-5-4-6-17(18)19)10-13-25(14-11-21)16-20-22-12-15-24(20)3/h4-7,12,15,19H,8-11,13-14,16H2,1-3H3. The summed E-state index contributed by atoms with van der Waals surface area (Å²) in [5.74, 6) is 1.17. The first-order chi connectivity index (χ1) is 12.1. The maximum absolute atomic E-state index is 4.49. The number of nitrogens with zero attached hydrogens (tertiary/aromatic N) is 4. The number of piperidine rings is 1. The largest absolute Gasteiger partial charge is 0.337 e. The topological polar surface area (TPSA) is 24.3 Å². The number of hydrogen-bond donors (Lipinski definition) is 0. The second-order valence-corrected chi connectivity index (χ2v) is 8.12. The van der Waals surface area contributed by atoms with E-state index in [1.54, 1.807) is 11.1 Å². The molecule has 0 amide bonds. The predicted molar refractivity (Wildman–Crippen MR) is 102 cm³/mol. The fourth-order valence-electron chi connectivity index (χ4n) is 4.92. The van der Waals surface area contributed by atoms with Crippen molar-refractivity contribution in [2.24, 2.45) is 7.05 Å². The summed E-state index contributed by atoms with van der Waals surface area (Å²) in [7, 11) is 6.52. The molecule has 1 aromatic heterocycles. The van der Waals surface area contributed by atoms with Gasteiger partial charge in [0.05, 0.1) is 6.54 Å². The summed E-state index contributed by atoms with van der Waals surface area (Å²) in [4.78, 5) is 9.46. The lowest BCUT2D eigenvalue weighted by Gasteiger charge is -2.48. The minimum atomic E-state index is 0.390. The van der Waals surface area contributed by atoms with Gasteiger partial charge in [-0.15, -0.1) is 0 Å². The molecule has 0 N–H and O–H groups in total. The van der Waals surface area contributed by atoms with Gasteiger partial charge < -0.3 is 9.47 Å². The number of benzene rings is 1. The van der Waals surface area contributed by atoms with Gasteiger partial charge in [-0.2, -0.15) is 0 Å². The highest BCUT2D eigenvalue weighted by Gasteiger charge is 2.42. The van der Waals surface area contributed by atoms with Crippen LogP contribution < -0.4 is 0 Å². The molecule has 4 heteroatoms. The van der Waals surface area contributed by atoms with Gasteiger partial charge in [-0.3, -0.25) is 4.90 Å². The van der Waals surface area contributed by atoms with Gasteiger partial charge in [0.25, 0.3) is 0 Å². The molecule has 134 valence electrons. The molecule has 0 bridgehead atoms. The average molecular weight is 338 g/mol. The Kier molecular flexibility index (Phi) is 4.42. The van der Waals surface area contributed by atoms with Crippen LogP contribution in [0.25, 0.3) is 0 Å². The molecule has 4 rings (SSSR count). The highest BCUT2D eigenvalue weighted by atomic mass is 15.2. The van der Waals surface area contributed by atoms with E-state index < -0.39 is 0 Å². The molecule has 0 saturated carbocycles. The zero-order valence-corrected chi connectivity index (χ0v) is 15.8. The number of aryl methyl sites for hydroxylation is 1. The fourth-order valence-corrected chi connectivity index (χ4v) is 4.92. The zero-order valence-electron chi connectivity index (χ0n) is 15.8. The van der Waals surface area contributed by atoms with Gasteiger partial charge in [-0.25, -0.2) is 4.98 Å². The van der Waals surface area contributed by atoms with Gasteiger partial charge in [0.2, 0.25) is 0 Å². The third-order valence-electron chi connectivity index (χ3n) is 6.51. The summed E-state index contributed by atoms with van der Waals surface area (Å²) in [5.41, 5.74) is 3.58. The van der Waals surface area contributed by atoms with Crippen molar-refractivity contribution in [1.82, 2.24) is 19.4 Å². The predicted octanol–water partition coefficient (Wildman–Crippen LogP) is 3.35. The van der Waals surface area contributed by atoms with Crippen LogP contribution in [-0.2, 0) is 19.0 Å². The van der Waals surface area contributed by atoms with Crippen LogP contribution in [0.15, 0.2) is 36.7 Å². The number of fused-ring (bicyclic) bond motifs is 2. The van der Waals surface area contributed by atoms with Gasteiger partial charge >= 0.3 is 0 Å². The lowest BCUT2D eigenvalue weighted by Crippen LogP contribution is -2.45. The fraction of sp³-hybridized carbons (Fsp3) is 0.571. The summed E-state index contributed by atoms with van der Waals surface area (Å²) in [5, 5.41) is 0. The van der Waals surface area contributed by atoms with E-state index in [0.29, 0.717) is 11.5 Å². The zero-order chi connectivity index (χ0) is 17.4. The van der Waals surface area contributed by atoms with Crippen LogP contribution in [-0.4, -0.2) is 46.5 Å². The van der Waals surface area contributed by atoms with E-state index in [9.17, 15) is 0 Å². The molecular weight excluding hydrogens is 308 g/mol. The Labute approximate surface area is 151 Å². The maximum Gasteiger partial charge on any atom is 0.122 e. The van der Waals surface area contributed by atoms with Gasteiger partial charge in [0, 0.05) is 25.5 Å². The summed E-state index contributed by atoms with van der Waals surface area (Å²) in [6.45, 7) is 3.32. The normalized spacial score (nSPS) is 23.1. The SMILES string of the molecule is CN(C)C1CCC2(CCN(Cc3nccn3C)CC2)c2ccccc21. The first kappa shape index (κ1) is 16.8. The molecule has 1 atom stereocenters. The highest BCUT2D eigenvalue weighted by molar-refractivity contribution is 5.39. The van der Waals surface area contributed by atoms with Crippen LogP contribution in [0.2, 0.25) is 0 Å². The van der Waals surface area contributed by atoms with E-state index >= 15 is 0 Å². The Bertz CT molecular complexity index is 725. The van der Waals surface area contributed by atoms with E-state index in [4.69, 9.17) is 0 Å². The van der Waals surface area contributed by atoms with Crippen LogP contribution >= 0.6 is 0 Å². The maximum atomic E-state index is 4.49. The van der Waals surface area contributed by atoms with Crippen LogP contribution in [0.5, 0.6) is 0 Å². The van der Waals surface area contributed by atoms with Crippen molar-refractivity contribution in [1.29, 1.82) is 0 Å². The van der Waals surface area contributed by atoms with Crippen molar-refractivity contribution in [2.75, 3.05) is 27.2 Å². The third-order valence-corrected chi connectivity index (χ3v) is 6.51. The molecule has 1 fully saturated rings. The van der Waals surface area contributed by atoms with E-state index in [1.165, 1.54) is 44.6 Å². The van der Waals surface area contributed by atoms with Gasteiger partial charge in [-0.1, -0.05) is 24.3 Å². The minimum absolute atomic E-state index is 0.390. The molecule has 4 nitrogen and oxygen atoms in total. The Morgan fingerprint density at radius 2 is 1.92 bits per heavy atom. The summed E-state index contributed by atoms with van der Waals surface area (Å²) in [6, 6.07) is 9.79. The number of likely N-dealkylation sites (tertiary alicyclic amines) is 1. The van der Waals surface area contributed by atoms with Gasteiger partial charge in [0.15, 0.2) is 0 Å². The van der Waals surface area contributed by atoms with E-state index in [2.05, 4.69) is 64.8 Å². The first-order valence-electron chi connectivity index (χ1n) is 9.53. The molecule has 2 aromatic rings. The van der Waals surface area contributed by atoms with Crippen molar-refractivity contribution in [3.05, 3.63) is 53.6 Å². The second-order valence-electron chi connectivity index (χ2n) is 8.12. The average Bonchev–Trinajstić information content (AvgIpc) is 3.02. The monoisotopic (exact) mass is 338 g/mol. The molecule has 2 aliphatic rings. The van der Waals surface area contributed by atoms with Crippen LogP contribution in [0.3, 0.4) is 0 Å². The Balaban J connectivity index is 1.52. The smallest absolute Gasteiger partial charge is 0.122 e. The van der Waals surface area contributed by atoms with Gasteiger partial charge in [-0.05, 0) is 69.4 Å². The second kappa shape index (κ2) is 6.58. The molecule has 1 saturated heterocycles. The molecule has 1 aromatic carbocycles. The lowest BCUT2D eigenvalue weighted by atomic mass is 9.63. The number of aromatic nitrogens is 2. The van der Waals surface area contributed by atoms with E-state index in [1.807, 2.05) is 12.4 Å². The summed E-state index contributed by atoms with van der Waals surface area (Å²) >= 11 is 0. The lowest BCUT2D eigenvalue weighted by molar-refractivity contribution is 0.120. The molecular formula is C21H30N4. The Hall–Kier alpha value is -1.65. The summed E-state index contributed by atoms with van der Waals surface area (Å²) in [6.07, 6.45) is 9.09. The Morgan fingerprint density at radius 1 is 1.16 bits per heavy atom. The van der Waals surface area contributed by atoms with Crippen LogP contribution in [0.1, 0.15) is 48.7 Å². The molecule has 1 aliphatic heterocycles. The van der Waals surface area contributed by atoms with Crippen molar-refractivity contribution in [2.45, 2.75) is 43.7 Å². The van der Waals surface area contributed by atoms with Crippen molar-refractivity contribution in [3.63, 3.8) is 0 Å². The third kappa shape index (κ3) is 3.02. The molecule has 1 aliphatic carbocycles. The summed E-state index contributed by atoms with van der Waals surface area (Å²) < 4.78 is 2.14. The number of rotatable bonds is 3. The van der Waals surface area contributed by atoms with Crippen LogP contribution in [0.4, 0.5) is 0 Å². The number of hydrogen-bond acceptors (Lipinski definition) is 3. The highest BCUT2D eigenvalue weighted by Crippen LogP contribution is 2.49. The first-order valence-corrected chi connectivity index (χ1v) is 9.53. The molecule has 1 unspecified atom stereocenters. The van der Waals surface area contributed by atoms with E-state index in [-0.39, 0.29) is 0 Å². The van der Waals surface area contributed by atoms with Crippen molar-refractivity contribution in [3.8, 4) is 0 Å². The van der Waals surface area contributed by atoms with Gasteiger partial charge in [0.1, 0.15) is 5.82 Å². The molecule has 25 heavy (non-hydrogen) atoms. The van der Waals surface area contributed by atoms with E-state index in [0.717, 1.165) is 6.54 Å². The van der Waals surface area contributed by atoms with Crippen molar-refractivity contribution < 1.29 is 0 Å². The molecule has 1 spiro atoms. The minimum Gasteiger partial charge on any atom is -0.337 e. The quantitative estimate of drug-likeness (QED) is 0.858. The molecule has 0 radical (unpaired) electrons. The van der Waals surface area contributed by atoms with Crippen molar-refractivity contribution >= 4 is 0 Å².